The quantitative estimate of drug-likeness (QED) is 0.868. The Morgan fingerprint density at radius 1 is 1.35 bits per heavy atom. The van der Waals surface area contributed by atoms with Crippen molar-refractivity contribution in [2.75, 3.05) is 13.1 Å². The van der Waals surface area contributed by atoms with Crippen molar-refractivity contribution in [1.82, 2.24) is 14.7 Å². The van der Waals surface area contributed by atoms with Crippen molar-refractivity contribution < 1.29 is 5.11 Å². The third-order valence-electron chi connectivity index (χ3n) is 4.98. The molecule has 1 aliphatic rings. The summed E-state index contributed by atoms with van der Waals surface area (Å²) < 4.78 is 1.91. The zero-order chi connectivity index (χ0) is 14.8. The van der Waals surface area contributed by atoms with E-state index in [0.29, 0.717) is 6.42 Å². The Labute approximate surface area is 122 Å². The second kappa shape index (κ2) is 6.27. The Bertz CT molecular complexity index is 431. The molecule has 0 aromatic carbocycles. The highest BCUT2D eigenvalue weighted by molar-refractivity contribution is 5.12. The predicted molar refractivity (Wildman–Crippen MR) is 81.8 cm³/mol. The summed E-state index contributed by atoms with van der Waals surface area (Å²) >= 11 is 0. The first-order valence-corrected chi connectivity index (χ1v) is 7.96. The first-order valence-electron chi connectivity index (χ1n) is 7.96. The smallest absolute Gasteiger partial charge is 0.0779 e. The third-order valence-corrected chi connectivity index (χ3v) is 4.98. The molecule has 114 valence electrons. The summed E-state index contributed by atoms with van der Waals surface area (Å²) in [4.78, 5) is 2.47. The molecule has 20 heavy (non-hydrogen) atoms. The van der Waals surface area contributed by atoms with Gasteiger partial charge in [0.25, 0.3) is 0 Å². The minimum atomic E-state index is -0.306. The summed E-state index contributed by atoms with van der Waals surface area (Å²) in [6.45, 7) is 8.43. The Kier molecular flexibility index (Phi) is 4.86. The molecule has 0 spiro atoms. The fourth-order valence-electron chi connectivity index (χ4n) is 3.94. The molecule has 1 aliphatic carbocycles. The lowest BCUT2D eigenvalue weighted by molar-refractivity contribution is -0.0252. The van der Waals surface area contributed by atoms with Crippen LogP contribution in [0.25, 0.3) is 0 Å². The molecule has 0 bridgehead atoms. The first-order chi connectivity index (χ1) is 9.53. The van der Waals surface area contributed by atoms with E-state index in [9.17, 15) is 5.11 Å². The fourth-order valence-corrected chi connectivity index (χ4v) is 3.94. The maximum Gasteiger partial charge on any atom is 0.0779 e. The van der Waals surface area contributed by atoms with E-state index in [4.69, 9.17) is 0 Å². The normalized spacial score (nSPS) is 19.7. The molecular weight excluding hydrogens is 250 g/mol. The van der Waals surface area contributed by atoms with Gasteiger partial charge in [-0.3, -0.25) is 9.58 Å². The van der Waals surface area contributed by atoms with Crippen LogP contribution in [0.5, 0.6) is 0 Å². The van der Waals surface area contributed by atoms with Gasteiger partial charge in [-0.15, -0.1) is 0 Å². The van der Waals surface area contributed by atoms with E-state index < -0.39 is 0 Å². The molecule has 1 fully saturated rings. The van der Waals surface area contributed by atoms with Crippen LogP contribution in [0.15, 0.2) is 6.07 Å². The minimum absolute atomic E-state index is 0.0261. The van der Waals surface area contributed by atoms with Gasteiger partial charge in [0.2, 0.25) is 0 Å². The van der Waals surface area contributed by atoms with Gasteiger partial charge in [-0.1, -0.05) is 26.7 Å². The second-order valence-electron chi connectivity index (χ2n) is 6.10. The van der Waals surface area contributed by atoms with Crippen LogP contribution in [0.2, 0.25) is 0 Å². The number of aromatic nitrogens is 2. The summed E-state index contributed by atoms with van der Waals surface area (Å²) in [6, 6.07) is 2.09. The van der Waals surface area contributed by atoms with Gasteiger partial charge in [-0.2, -0.15) is 5.10 Å². The molecule has 2 rings (SSSR count). The van der Waals surface area contributed by atoms with E-state index >= 15 is 0 Å². The largest absolute Gasteiger partial charge is 0.391 e. The maximum atomic E-state index is 10.9. The minimum Gasteiger partial charge on any atom is -0.391 e. The number of aryl methyl sites for hydroxylation is 2. The Hall–Kier alpha value is -0.870. The predicted octanol–water partition coefficient (Wildman–Crippen LogP) is 2.29. The van der Waals surface area contributed by atoms with E-state index in [1.165, 1.54) is 12.8 Å². The van der Waals surface area contributed by atoms with Crippen LogP contribution in [0.3, 0.4) is 0 Å². The molecule has 4 heteroatoms. The zero-order valence-corrected chi connectivity index (χ0v) is 13.4. The molecule has 0 radical (unpaired) electrons. The number of hydrogen-bond acceptors (Lipinski definition) is 3. The summed E-state index contributed by atoms with van der Waals surface area (Å²) in [6.07, 6.45) is 5.10. The van der Waals surface area contributed by atoms with Crippen molar-refractivity contribution in [2.24, 2.45) is 7.05 Å². The van der Waals surface area contributed by atoms with E-state index in [-0.39, 0.29) is 11.6 Å². The van der Waals surface area contributed by atoms with Gasteiger partial charge in [0.15, 0.2) is 0 Å². The Morgan fingerprint density at radius 2 is 1.95 bits per heavy atom. The highest BCUT2D eigenvalue weighted by atomic mass is 16.3. The molecule has 1 atom stereocenters. The van der Waals surface area contributed by atoms with Crippen LogP contribution in [0, 0.1) is 6.92 Å². The fraction of sp³-hybridized carbons (Fsp3) is 0.812. The Balaban J connectivity index is 2.19. The van der Waals surface area contributed by atoms with E-state index in [0.717, 1.165) is 37.3 Å². The molecular formula is C16H29N3O. The SMILES string of the molecule is CCN(CC)C1(C(O)Cc2cc(C)nn2C)CCCC1. The van der Waals surface area contributed by atoms with Crippen LogP contribution in [-0.4, -0.2) is 44.5 Å². The van der Waals surface area contributed by atoms with Crippen LogP contribution < -0.4 is 0 Å². The lowest BCUT2D eigenvalue weighted by Gasteiger charge is -2.44. The topological polar surface area (TPSA) is 41.3 Å². The average molecular weight is 279 g/mol. The molecule has 1 aromatic heterocycles. The van der Waals surface area contributed by atoms with Gasteiger partial charge >= 0.3 is 0 Å². The van der Waals surface area contributed by atoms with E-state index in [1.54, 1.807) is 0 Å². The van der Waals surface area contributed by atoms with Gasteiger partial charge < -0.3 is 5.11 Å². The molecule has 0 aliphatic heterocycles. The molecule has 4 nitrogen and oxygen atoms in total. The highest BCUT2D eigenvalue weighted by Crippen LogP contribution is 2.39. The van der Waals surface area contributed by atoms with Crippen LogP contribution in [0.1, 0.15) is 50.9 Å². The van der Waals surface area contributed by atoms with Crippen molar-refractivity contribution in [3.05, 3.63) is 17.5 Å². The average Bonchev–Trinajstić information content (AvgIpc) is 3.00. The second-order valence-corrected chi connectivity index (χ2v) is 6.10. The monoisotopic (exact) mass is 279 g/mol. The molecule has 1 aromatic rings. The molecule has 1 unspecified atom stereocenters. The van der Waals surface area contributed by atoms with Crippen molar-refractivity contribution in [1.29, 1.82) is 0 Å². The number of rotatable bonds is 6. The highest BCUT2D eigenvalue weighted by Gasteiger charge is 2.44. The molecule has 0 saturated heterocycles. The standard InChI is InChI=1S/C16H29N3O/c1-5-19(6-2)16(9-7-8-10-16)15(20)12-14-11-13(3)17-18(14)4/h11,15,20H,5-10,12H2,1-4H3. The Morgan fingerprint density at radius 3 is 2.40 bits per heavy atom. The first kappa shape index (κ1) is 15.5. The van der Waals surface area contributed by atoms with E-state index in [2.05, 4.69) is 29.9 Å². The summed E-state index contributed by atoms with van der Waals surface area (Å²) in [5.41, 5.74) is 2.13. The van der Waals surface area contributed by atoms with Gasteiger partial charge in [0, 0.05) is 24.7 Å². The summed E-state index contributed by atoms with van der Waals surface area (Å²) in [5.74, 6) is 0. The summed E-state index contributed by atoms with van der Waals surface area (Å²) in [5, 5.41) is 15.3. The van der Waals surface area contributed by atoms with Crippen molar-refractivity contribution >= 4 is 0 Å². The number of hydrogen-bond donors (Lipinski definition) is 1. The zero-order valence-electron chi connectivity index (χ0n) is 13.4. The molecule has 1 heterocycles. The lowest BCUT2D eigenvalue weighted by Crippen LogP contribution is -2.55. The van der Waals surface area contributed by atoms with Crippen molar-refractivity contribution in [2.45, 2.75) is 64.5 Å². The van der Waals surface area contributed by atoms with Crippen LogP contribution in [0.4, 0.5) is 0 Å². The number of aliphatic hydroxyl groups is 1. The number of aliphatic hydroxyl groups excluding tert-OH is 1. The number of nitrogens with zero attached hydrogens (tertiary/aromatic N) is 3. The maximum absolute atomic E-state index is 10.9. The van der Waals surface area contributed by atoms with Gasteiger partial charge in [-0.05, 0) is 38.9 Å². The van der Waals surface area contributed by atoms with Gasteiger partial charge in [0.05, 0.1) is 11.8 Å². The third kappa shape index (κ3) is 2.77. The van der Waals surface area contributed by atoms with Crippen LogP contribution >= 0.6 is 0 Å². The van der Waals surface area contributed by atoms with Crippen molar-refractivity contribution in [3.8, 4) is 0 Å². The molecule has 1 saturated carbocycles. The number of likely N-dealkylation sites (N-methyl/N-ethyl adjacent to an activating group) is 1. The van der Waals surface area contributed by atoms with E-state index in [1.807, 2.05) is 18.7 Å². The van der Waals surface area contributed by atoms with Crippen LogP contribution in [-0.2, 0) is 13.5 Å². The molecule has 0 amide bonds. The molecule has 1 N–H and O–H groups in total. The van der Waals surface area contributed by atoms with Crippen molar-refractivity contribution in [3.63, 3.8) is 0 Å². The van der Waals surface area contributed by atoms with Gasteiger partial charge in [-0.25, -0.2) is 0 Å². The lowest BCUT2D eigenvalue weighted by atomic mass is 9.85. The van der Waals surface area contributed by atoms with Gasteiger partial charge in [0.1, 0.15) is 0 Å². The summed E-state index contributed by atoms with van der Waals surface area (Å²) in [7, 11) is 1.97.